The van der Waals surface area contributed by atoms with Gasteiger partial charge in [-0.15, -0.1) is 0 Å². The van der Waals surface area contributed by atoms with E-state index in [1.165, 1.54) is 55.0 Å². The van der Waals surface area contributed by atoms with Gasteiger partial charge in [-0.25, -0.2) is 19.2 Å². The number of nitro groups is 2. The highest BCUT2D eigenvalue weighted by molar-refractivity contribution is 6.61. The predicted octanol–water partition coefficient (Wildman–Crippen LogP) is 11.3. The second-order valence-corrected chi connectivity index (χ2v) is 26.0. The van der Waals surface area contributed by atoms with Crippen LogP contribution in [0.1, 0.15) is 154 Å². The number of carbonyl (C=O) groups excluding carboxylic acids is 4. The maximum absolute atomic E-state index is 12.8. The van der Waals surface area contributed by atoms with Crippen LogP contribution in [0.2, 0.25) is 0 Å². The molecule has 0 spiro atoms. The summed E-state index contributed by atoms with van der Waals surface area (Å²) in [5, 5.41) is 55.8. The number of hydrogen-bond donors (Lipinski definition) is 3. The molecule has 0 bridgehead atoms. The number of ether oxygens (including phenoxy) is 4. The highest BCUT2D eigenvalue weighted by Gasteiger charge is 2.69. The lowest BCUT2D eigenvalue weighted by molar-refractivity contribution is -0.385. The molecule has 2 aromatic rings. The number of aliphatic hydroxyl groups is 3. The SMILES string of the molecule is C[C@]12CC[C@H](O)C[C@H]1CC[C@@H]1[C@@H]2CC[C@]2(C)[C@@H](C3=CC(=O)OC3)CC[C@]12O.C[C@]12CC[C@H](OC(=O)c3ccc([N+](=O)[O-])cc3)C[C@H]1CC[C@@H]1[C@@H]2CC[C@]2(C)[C@@H](C3=CC(=O)OC3)CC[C@]12O.O=C(Cl)Oc1ccc([N+](=O)[O-])cc1. The van der Waals surface area contributed by atoms with Crippen molar-refractivity contribution >= 4 is 46.3 Å². The van der Waals surface area contributed by atoms with Crippen LogP contribution in [0, 0.1) is 89.2 Å². The van der Waals surface area contributed by atoms with Crippen LogP contribution in [0.4, 0.5) is 16.2 Å². The molecule has 8 saturated carbocycles. The maximum Gasteiger partial charge on any atom is 0.409 e. The number of nitro benzene ring substituents is 2. The van der Waals surface area contributed by atoms with Gasteiger partial charge in [-0.1, -0.05) is 27.7 Å². The van der Waals surface area contributed by atoms with Crippen LogP contribution >= 0.6 is 11.6 Å². The van der Waals surface area contributed by atoms with Gasteiger partial charge in [-0.3, -0.25) is 20.2 Å². The molecule has 0 radical (unpaired) electrons. The Balaban J connectivity index is 0.000000149. The molecule has 2 aromatic carbocycles. The van der Waals surface area contributed by atoms with E-state index in [0.717, 1.165) is 120 Å². The normalized spacial score (nSPS) is 40.8. The molecular weight excluding hydrogens is 1020 g/mol. The number of aliphatic hydroxyl groups excluding tert-OH is 1. The van der Waals surface area contributed by atoms with Crippen LogP contribution in [0.25, 0.3) is 0 Å². The Labute approximate surface area is 460 Å². The van der Waals surface area contributed by atoms with Gasteiger partial charge in [0.1, 0.15) is 25.1 Å². The van der Waals surface area contributed by atoms with Crippen molar-refractivity contribution in [2.45, 2.75) is 167 Å². The molecule has 0 aromatic heterocycles. The Kier molecular flexibility index (Phi) is 15.1. The van der Waals surface area contributed by atoms with Crippen molar-refractivity contribution in [3.8, 4) is 5.75 Å². The van der Waals surface area contributed by atoms with E-state index in [2.05, 4.69) is 32.4 Å². The first-order valence-corrected chi connectivity index (χ1v) is 28.7. The van der Waals surface area contributed by atoms with Gasteiger partial charge >= 0.3 is 23.3 Å². The number of rotatable bonds is 7. The summed E-state index contributed by atoms with van der Waals surface area (Å²) >= 11 is 4.92. The van der Waals surface area contributed by atoms with Crippen molar-refractivity contribution in [2.75, 3.05) is 13.2 Å². The molecule has 2 heterocycles. The summed E-state index contributed by atoms with van der Waals surface area (Å²) in [5.74, 6) is 2.37. The minimum absolute atomic E-state index is 0.0487. The molecule has 3 N–H and O–H groups in total. The number of benzene rings is 2. The first-order chi connectivity index (χ1) is 36.9. The molecule has 422 valence electrons. The monoisotopic (exact) mass is 1100 g/mol. The zero-order chi connectivity index (χ0) is 55.7. The summed E-state index contributed by atoms with van der Waals surface area (Å²) in [4.78, 5) is 66.5. The number of non-ortho nitro benzene ring substituents is 2. The molecule has 8 fully saturated rings. The number of hydrogen-bond acceptors (Lipinski definition) is 15. The molecule has 0 saturated heterocycles. The fourth-order valence-electron chi connectivity index (χ4n) is 18.5. The van der Waals surface area contributed by atoms with Crippen molar-refractivity contribution in [2.24, 2.45) is 69.0 Å². The van der Waals surface area contributed by atoms with Gasteiger partial charge in [0.05, 0.1) is 32.7 Å². The molecule has 0 amide bonds. The quantitative estimate of drug-likeness (QED) is 0.0766. The van der Waals surface area contributed by atoms with Gasteiger partial charge in [-0.05, 0) is 209 Å². The minimum atomic E-state index is -0.978. The molecule has 18 heteroatoms. The van der Waals surface area contributed by atoms with E-state index < -0.39 is 32.4 Å². The third-order valence-corrected chi connectivity index (χ3v) is 22.8. The predicted molar refractivity (Wildman–Crippen MR) is 285 cm³/mol. The number of cyclic esters (lactones) is 2. The standard InChI is InChI=1S/C30H37NO7.C23H34O4.C7H4ClNO4/c1-28-12-9-22(38-27(33)18-3-6-21(7-4-18)31(35)36)16-20(28)5-8-25-24(28)10-13-29(2)23(11-14-30(25,29)34)19-15-26(32)37-17-19;1-21-8-5-16(24)12-15(21)3-4-19-18(21)6-9-22(2)17(7-10-23(19,22)26)14-11-20(25)27-13-14;8-7(10)13-6-3-1-5(2-4-6)9(11)12/h3-4,6-7,15,20,22-25,34H,5,8-14,16-17H2,1-2H3;11,15-19,24,26H,3-10,12-13H2,1-2H3;1-4H/t20-,22+,23-,24+,25-,28+,29-,30+;15-,16+,17-,18+,19-,21+,22-,23+;/m11./s1. The maximum atomic E-state index is 12.8. The lowest BCUT2D eigenvalue weighted by Crippen LogP contribution is -2.62. The summed E-state index contributed by atoms with van der Waals surface area (Å²) in [7, 11) is 0. The lowest BCUT2D eigenvalue weighted by atomic mass is 9.43. The van der Waals surface area contributed by atoms with Gasteiger partial charge in [0.15, 0.2) is 0 Å². The number of esters is 3. The molecule has 78 heavy (non-hydrogen) atoms. The minimum Gasteiger partial charge on any atom is -0.459 e. The summed E-state index contributed by atoms with van der Waals surface area (Å²) < 4.78 is 20.8. The fraction of sp³-hybridized carbons (Fsp3) is 0.667. The summed E-state index contributed by atoms with van der Waals surface area (Å²) in [6, 6.07) is 10.6. The topological polar surface area (TPSA) is 252 Å². The van der Waals surface area contributed by atoms with E-state index >= 15 is 0 Å². The zero-order valence-corrected chi connectivity index (χ0v) is 46.0. The van der Waals surface area contributed by atoms with E-state index in [1.807, 2.05) is 0 Å². The molecule has 0 unspecified atom stereocenters. The number of nitrogens with zero attached hydrogens (tertiary/aromatic N) is 2. The van der Waals surface area contributed by atoms with Gasteiger partial charge in [0.2, 0.25) is 0 Å². The third-order valence-electron chi connectivity index (χ3n) is 22.7. The molecular formula is C60H75ClN2O15. The number of fused-ring (bicyclic) bond motifs is 10. The van der Waals surface area contributed by atoms with Crippen molar-refractivity contribution in [3.63, 3.8) is 0 Å². The van der Waals surface area contributed by atoms with Crippen molar-refractivity contribution in [1.29, 1.82) is 0 Å². The summed E-state index contributed by atoms with van der Waals surface area (Å²) in [5.41, 5.74) is 0.0115. The third kappa shape index (κ3) is 9.67. The Hall–Kier alpha value is -5.23. The molecule has 8 aliphatic carbocycles. The van der Waals surface area contributed by atoms with Gasteiger partial charge in [0.25, 0.3) is 11.4 Å². The van der Waals surface area contributed by atoms with Crippen LogP contribution in [0.5, 0.6) is 5.75 Å². The smallest absolute Gasteiger partial charge is 0.409 e. The first-order valence-electron chi connectivity index (χ1n) is 28.4. The van der Waals surface area contributed by atoms with Crippen LogP contribution in [-0.4, -0.2) is 85.1 Å². The van der Waals surface area contributed by atoms with E-state index in [4.69, 9.17) is 25.8 Å². The second kappa shape index (κ2) is 21.0. The Bertz CT molecular complexity index is 2770. The largest absolute Gasteiger partial charge is 0.459 e. The van der Waals surface area contributed by atoms with Crippen LogP contribution in [-0.2, 0) is 23.8 Å². The highest BCUT2D eigenvalue weighted by Crippen LogP contribution is 2.72. The highest BCUT2D eigenvalue weighted by atomic mass is 35.5. The zero-order valence-electron chi connectivity index (χ0n) is 45.2. The second-order valence-electron chi connectivity index (χ2n) is 25.7. The van der Waals surface area contributed by atoms with Crippen molar-refractivity contribution in [3.05, 3.63) is 97.6 Å². The molecule has 2 aliphatic heterocycles. The van der Waals surface area contributed by atoms with Gasteiger partial charge in [-0.2, -0.15) is 0 Å². The molecule has 12 rings (SSSR count). The fourth-order valence-corrected chi connectivity index (χ4v) is 18.6. The van der Waals surface area contributed by atoms with Crippen LogP contribution < -0.4 is 4.74 Å². The molecule has 16 atom stereocenters. The average molecular weight is 1100 g/mol. The number of halogens is 1. The van der Waals surface area contributed by atoms with Gasteiger partial charge in [0, 0.05) is 58.8 Å². The molecule has 10 aliphatic rings. The summed E-state index contributed by atoms with van der Waals surface area (Å²) in [6.45, 7) is 10.2. The van der Waals surface area contributed by atoms with Crippen LogP contribution in [0.3, 0.4) is 0 Å². The van der Waals surface area contributed by atoms with Gasteiger partial charge < -0.3 is 34.3 Å². The van der Waals surface area contributed by atoms with E-state index in [0.29, 0.717) is 48.4 Å². The Morgan fingerprint density at radius 3 is 1.51 bits per heavy atom. The van der Waals surface area contributed by atoms with E-state index in [-0.39, 0.29) is 80.7 Å². The molecule has 17 nitrogen and oxygen atoms in total. The van der Waals surface area contributed by atoms with Crippen molar-refractivity contribution in [1.82, 2.24) is 0 Å². The number of carbonyl (C=O) groups is 4. The Morgan fingerprint density at radius 1 is 0.603 bits per heavy atom. The van der Waals surface area contributed by atoms with E-state index in [9.17, 15) is 54.7 Å². The van der Waals surface area contributed by atoms with E-state index in [1.54, 1.807) is 12.2 Å². The van der Waals surface area contributed by atoms with Crippen LogP contribution in [0.15, 0.2) is 71.8 Å². The van der Waals surface area contributed by atoms with Crippen molar-refractivity contribution < 1.29 is 63.3 Å². The Morgan fingerprint density at radius 2 is 1.06 bits per heavy atom. The lowest BCUT2D eigenvalue weighted by Gasteiger charge is -2.63. The summed E-state index contributed by atoms with van der Waals surface area (Å²) in [6.07, 6.45) is 20.5. The average Bonchev–Trinajstić information content (AvgIpc) is 4.35. The first kappa shape index (κ1) is 56.1.